The zero-order chi connectivity index (χ0) is 56.4. The van der Waals surface area contributed by atoms with Crippen molar-refractivity contribution in [1.82, 2.24) is 0 Å². The highest BCUT2D eigenvalue weighted by molar-refractivity contribution is 5.71. The number of rotatable bonds is 61. The number of allylic oxidation sites excluding steroid dienone is 14. The maximum atomic E-state index is 12.9. The smallest absolute Gasteiger partial charge is 0.306 e. The summed E-state index contributed by atoms with van der Waals surface area (Å²) in [6.07, 6.45) is 87.3. The first kappa shape index (κ1) is 74.6. The maximum Gasteiger partial charge on any atom is 0.306 e. The molecule has 0 aromatic rings. The van der Waals surface area contributed by atoms with Crippen LogP contribution in [0.3, 0.4) is 0 Å². The van der Waals surface area contributed by atoms with Crippen molar-refractivity contribution in [3.05, 3.63) is 85.1 Å². The Hall–Kier alpha value is -3.41. The number of hydrogen-bond donors (Lipinski definition) is 0. The van der Waals surface area contributed by atoms with Gasteiger partial charge in [-0.15, -0.1) is 0 Å². The molecule has 0 aliphatic carbocycles. The molecule has 0 heterocycles. The molecule has 0 aliphatic heterocycles. The Labute approximate surface area is 484 Å². The minimum absolute atomic E-state index is 0.0787. The summed E-state index contributed by atoms with van der Waals surface area (Å²) in [6, 6.07) is 0. The van der Waals surface area contributed by atoms with Crippen molar-refractivity contribution in [3.63, 3.8) is 0 Å². The van der Waals surface area contributed by atoms with Gasteiger partial charge in [-0.05, 0) is 96.3 Å². The Morgan fingerprint density at radius 1 is 0.269 bits per heavy atom. The van der Waals surface area contributed by atoms with Crippen LogP contribution in [0.25, 0.3) is 0 Å². The fourth-order valence-corrected chi connectivity index (χ4v) is 9.62. The second-order valence-corrected chi connectivity index (χ2v) is 22.4. The normalized spacial score (nSPS) is 12.6. The number of esters is 3. The van der Waals surface area contributed by atoms with Gasteiger partial charge in [0.25, 0.3) is 0 Å². The van der Waals surface area contributed by atoms with E-state index in [1.165, 1.54) is 186 Å². The van der Waals surface area contributed by atoms with Crippen LogP contribution in [0.2, 0.25) is 0 Å². The standard InChI is InChI=1S/C72H126O6/c1-4-7-10-13-16-19-22-25-28-31-33-34-35-36-37-38-40-41-44-47-50-53-56-59-62-65-71(74)77-68-69(67-76-70(73)64-61-58-55-52-49-46-43-30-27-24-21-18-15-12-9-6-3)78-72(75)66-63-60-57-54-51-48-45-42-39-32-29-26-23-20-17-14-11-8-5-2/h7,10,16-17,19-20,25-26,28-29,33-34,39,42,69H,4-6,8-9,11-15,18,21-24,27,30-32,35-38,40-41,43-68H2,1-3H3/b10-7-,19-16-,20-17-,28-25-,29-26-,34-33-,42-39-. The van der Waals surface area contributed by atoms with Crippen molar-refractivity contribution in [2.45, 2.75) is 341 Å². The van der Waals surface area contributed by atoms with E-state index in [-0.39, 0.29) is 31.1 Å². The zero-order valence-corrected chi connectivity index (χ0v) is 51.7. The predicted octanol–water partition coefficient (Wildman–Crippen LogP) is 23.1. The molecule has 0 saturated carbocycles. The van der Waals surface area contributed by atoms with Crippen LogP contribution in [-0.4, -0.2) is 37.2 Å². The van der Waals surface area contributed by atoms with Gasteiger partial charge in [-0.1, -0.05) is 305 Å². The van der Waals surface area contributed by atoms with Gasteiger partial charge in [0.05, 0.1) is 0 Å². The van der Waals surface area contributed by atoms with Crippen molar-refractivity contribution >= 4 is 17.9 Å². The quantitative estimate of drug-likeness (QED) is 0.0261. The van der Waals surface area contributed by atoms with Crippen LogP contribution in [0, 0.1) is 0 Å². The molecular weight excluding hydrogens is 961 g/mol. The molecule has 0 fully saturated rings. The molecule has 0 aliphatic rings. The van der Waals surface area contributed by atoms with Crippen molar-refractivity contribution in [3.8, 4) is 0 Å². The van der Waals surface area contributed by atoms with E-state index in [4.69, 9.17) is 14.2 Å². The molecule has 0 saturated heterocycles. The molecule has 0 amide bonds. The Bertz CT molecular complexity index is 1480. The topological polar surface area (TPSA) is 78.9 Å². The summed E-state index contributed by atoms with van der Waals surface area (Å²) >= 11 is 0. The van der Waals surface area contributed by atoms with Gasteiger partial charge in [0, 0.05) is 19.3 Å². The van der Waals surface area contributed by atoms with E-state index < -0.39 is 6.10 Å². The van der Waals surface area contributed by atoms with E-state index in [0.717, 1.165) is 109 Å². The van der Waals surface area contributed by atoms with Crippen LogP contribution < -0.4 is 0 Å². The van der Waals surface area contributed by atoms with Gasteiger partial charge in [0.2, 0.25) is 0 Å². The van der Waals surface area contributed by atoms with Gasteiger partial charge in [-0.25, -0.2) is 0 Å². The molecule has 0 spiro atoms. The van der Waals surface area contributed by atoms with Crippen molar-refractivity contribution in [2.24, 2.45) is 0 Å². The molecule has 6 heteroatoms. The van der Waals surface area contributed by atoms with Crippen LogP contribution in [-0.2, 0) is 28.6 Å². The van der Waals surface area contributed by atoms with E-state index in [0.29, 0.717) is 19.3 Å². The van der Waals surface area contributed by atoms with Crippen LogP contribution in [0.5, 0.6) is 0 Å². The van der Waals surface area contributed by atoms with Crippen molar-refractivity contribution < 1.29 is 28.6 Å². The lowest BCUT2D eigenvalue weighted by Gasteiger charge is -2.18. The van der Waals surface area contributed by atoms with Gasteiger partial charge in [-0.3, -0.25) is 14.4 Å². The lowest BCUT2D eigenvalue weighted by molar-refractivity contribution is -0.167. The molecule has 0 aromatic heterocycles. The summed E-state index contributed by atoms with van der Waals surface area (Å²) in [6.45, 7) is 6.53. The van der Waals surface area contributed by atoms with Crippen molar-refractivity contribution in [2.75, 3.05) is 13.2 Å². The molecule has 6 nitrogen and oxygen atoms in total. The number of unbranched alkanes of at least 4 members (excludes halogenated alkanes) is 36. The third-order valence-electron chi connectivity index (χ3n) is 14.6. The largest absolute Gasteiger partial charge is 0.462 e. The van der Waals surface area contributed by atoms with E-state index >= 15 is 0 Å². The molecule has 78 heavy (non-hydrogen) atoms. The lowest BCUT2D eigenvalue weighted by Crippen LogP contribution is -2.30. The van der Waals surface area contributed by atoms with Crippen LogP contribution >= 0.6 is 0 Å². The second kappa shape index (κ2) is 66.1. The molecule has 450 valence electrons. The van der Waals surface area contributed by atoms with Gasteiger partial charge in [0.15, 0.2) is 6.10 Å². The molecule has 1 atom stereocenters. The first-order valence-electron chi connectivity index (χ1n) is 33.6. The summed E-state index contributed by atoms with van der Waals surface area (Å²) in [7, 11) is 0. The molecule has 0 bridgehead atoms. The average Bonchev–Trinajstić information content (AvgIpc) is 3.44. The second-order valence-electron chi connectivity index (χ2n) is 22.4. The molecule has 0 radical (unpaired) electrons. The number of ether oxygens (including phenoxy) is 3. The van der Waals surface area contributed by atoms with Crippen LogP contribution in [0.15, 0.2) is 85.1 Å². The summed E-state index contributed by atoms with van der Waals surface area (Å²) in [4.78, 5) is 38.4. The highest BCUT2D eigenvalue weighted by Crippen LogP contribution is 2.17. The third kappa shape index (κ3) is 63.4. The molecule has 0 rings (SSSR count). The van der Waals surface area contributed by atoms with E-state index in [2.05, 4.69) is 106 Å². The van der Waals surface area contributed by atoms with E-state index in [1.807, 2.05) is 0 Å². The number of carbonyl (C=O) groups is 3. The van der Waals surface area contributed by atoms with Crippen LogP contribution in [0.1, 0.15) is 335 Å². The monoisotopic (exact) mass is 1090 g/mol. The summed E-state index contributed by atoms with van der Waals surface area (Å²) in [5, 5.41) is 0. The summed E-state index contributed by atoms with van der Waals surface area (Å²) < 4.78 is 17.0. The molecule has 1 unspecified atom stereocenters. The molecule has 0 N–H and O–H groups in total. The Kier molecular flexibility index (Phi) is 63.2. The maximum absolute atomic E-state index is 12.9. The average molecular weight is 1090 g/mol. The van der Waals surface area contributed by atoms with Gasteiger partial charge in [0.1, 0.15) is 13.2 Å². The van der Waals surface area contributed by atoms with E-state index in [9.17, 15) is 14.4 Å². The fourth-order valence-electron chi connectivity index (χ4n) is 9.62. The Morgan fingerprint density at radius 2 is 0.500 bits per heavy atom. The van der Waals surface area contributed by atoms with Crippen molar-refractivity contribution in [1.29, 1.82) is 0 Å². The highest BCUT2D eigenvalue weighted by Gasteiger charge is 2.19. The third-order valence-corrected chi connectivity index (χ3v) is 14.6. The Morgan fingerprint density at radius 3 is 0.808 bits per heavy atom. The van der Waals surface area contributed by atoms with Gasteiger partial charge in [-0.2, -0.15) is 0 Å². The first-order chi connectivity index (χ1) is 38.5. The van der Waals surface area contributed by atoms with Crippen LogP contribution in [0.4, 0.5) is 0 Å². The van der Waals surface area contributed by atoms with Gasteiger partial charge >= 0.3 is 17.9 Å². The minimum Gasteiger partial charge on any atom is -0.462 e. The summed E-state index contributed by atoms with van der Waals surface area (Å²) in [5.74, 6) is -0.876. The SMILES string of the molecule is CC/C=C\C/C=C\C/C=C\C/C=C\CCCCCCCCCCCCCCC(=O)OCC(COC(=O)CCCCCCCCCCCCCCCCCC)OC(=O)CCCCCCCC/C=C\C/C=C\C/C=C\CCCCC. The van der Waals surface area contributed by atoms with E-state index in [1.54, 1.807) is 0 Å². The fraction of sp³-hybridized carbons (Fsp3) is 0.764. The van der Waals surface area contributed by atoms with Gasteiger partial charge < -0.3 is 14.2 Å². The highest BCUT2D eigenvalue weighted by atomic mass is 16.6. The lowest BCUT2D eigenvalue weighted by atomic mass is 10.0. The Balaban J connectivity index is 4.35. The number of hydrogen-bond acceptors (Lipinski definition) is 6. The molecule has 0 aromatic carbocycles. The number of carbonyl (C=O) groups excluding carboxylic acids is 3. The molecular formula is C72H126O6. The summed E-state index contributed by atoms with van der Waals surface area (Å²) in [5.41, 5.74) is 0. The predicted molar refractivity (Wildman–Crippen MR) is 339 cm³/mol. The zero-order valence-electron chi connectivity index (χ0n) is 51.7. The minimum atomic E-state index is -0.784. The first-order valence-corrected chi connectivity index (χ1v) is 33.6.